The average molecular weight is 259 g/mol. The Kier molecular flexibility index (Phi) is 5.50. The van der Waals surface area contributed by atoms with Crippen LogP contribution >= 0.6 is 11.5 Å². The van der Waals surface area contributed by atoms with E-state index in [0.29, 0.717) is 18.1 Å². The molecular weight excluding hydrogens is 238 g/mol. The molecule has 17 heavy (non-hydrogen) atoms. The zero-order valence-corrected chi connectivity index (χ0v) is 11.5. The summed E-state index contributed by atoms with van der Waals surface area (Å²) in [6.07, 6.45) is 1.06. The van der Waals surface area contributed by atoms with E-state index in [1.165, 1.54) is 11.5 Å². The first-order valence-corrected chi connectivity index (χ1v) is 6.65. The van der Waals surface area contributed by atoms with Gasteiger partial charge in [0.2, 0.25) is 0 Å². The topological polar surface area (TPSA) is 71.6 Å². The van der Waals surface area contributed by atoms with Gasteiger partial charge in [0, 0.05) is 13.1 Å². The van der Waals surface area contributed by atoms with Gasteiger partial charge in [-0.25, -0.2) is 0 Å². The van der Waals surface area contributed by atoms with Crippen molar-refractivity contribution in [3.8, 4) is 5.75 Å². The summed E-state index contributed by atoms with van der Waals surface area (Å²) in [5.41, 5.74) is 5.80. The molecule has 5 nitrogen and oxygen atoms in total. The van der Waals surface area contributed by atoms with E-state index in [0.717, 1.165) is 18.0 Å². The van der Waals surface area contributed by atoms with Crippen LogP contribution in [0.3, 0.4) is 0 Å². The monoisotopic (exact) mass is 259 g/mol. The molecule has 0 unspecified atom stereocenters. The predicted octanol–water partition coefficient (Wildman–Crippen LogP) is 1.72. The Balaban J connectivity index is 2.92. The summed E-state index contributed by atoms with van der Waals surface area (Å²) in [6, 6.07) is 0. The fraction of sp³-hybridized carbons (Fsp3) is 0.727. The third kappa shape index (κ3) is 3.74. The van der Waals surface area contributed by atoms with Crippen LogP contribution in [-0.2, 0) is 0 Å². The number of anilines is 2. The van der Waals surface area contributed by atoms with Gasteiger partial charge in [-0.3, -0.25) is 0 Å². The Hall–Kier alpha value is -1.01. The molecule has 0 aliphatic carbocycles. The molecular formula is C11H21N3O2S. The molecule has 0 radical (unpaired) electrons. The molecule has 0 bridgehead atoms. The van der Waals surface area contributed by atoms with Gasteiger partial charge in [0.15, 0.2) is 16.6 Å². The largest absolute Gasteiger partial charge is 0.484 e. The van der Waals surface area contributed by atoms with Gasteiger partial charge < -0.3 is 20.5 Å². The number of ether oxygens (including phenoxy) is 1. The number of hydrogen-bond acceptors (Lipinski definition) is 6. The van der Waals surface area contributed by atoms with Crippen LogP contribution in [0.25, 0.3) is 0 Å². The fourth-order valence-corrected chi connectivity index (χ4v) is 2.34. The summed E-state index contributed by atoms with van der Waals surface area (Å²) in [5, 5.41) is 9.98. The molecule has 6 heteroatoms. The maximum absolute atomic E-state index is 9.07. The zero-order chi connectivity index (χ0) is 12.8. The lowest BCUT2D eigenvalue weighted by molar-refractivity contribution is 0.244. The van der Waals surface area contributed by atoms with Gasteiger partial charge in [0.1, 0.15) is 0 Å². The highest BCUT2D eigenvalue weighted by molar-refractivity contribution is 7.11. The molecule has 1 aromatic heterocycles. The molecule has 0 fully saturated rings. The fourth-order valence-electron chi connectivity index (χ4n) is 1.54. The summed E-state index contributed by atoms with van der Waals surface area (Å²) >= 11 is 1.32. The van der Waals surface area contributed by atoms with Crippen LogP contribution in [0.2, 0.25) is 0 Å². The SMILES string of the molecule is CCCN(CCO)c1snc(N)c1OC(C)C. The van der Waals surface area contributed by atoms with E-state index in [1.54, 1.807) is 0 Å². The molecule has 0 amide bonds. The number of aromatic nitrogens is 1. The first-order chi connectivity index (χ1) is 8.10. The highest BCUT2D eigenvalue weighted by Gasteiger charge is 2.19. The van der Waals surface area contributed by atoms with Crippen molar-refractivity contribution < 1.29 is 9.84 Å². The van der Waals surface area contributed by atoms with Gasteiger partial charge in [-0.15, -0.1) is 0 Å². The molecule has 0 saturated heterocycles. The minimum atomic E-state index is 0.0602. The van der Waals surface area contributed by atoms with Crippen LogP contribution in [0.5, 0.6) is 5.75 Å². The van der Waals surface area contributed by atoms with Crippen molar-refractivity contribution in [3.05, 3.63) is 0 Å². The quantitative estimate of drug-likeness (QED) is 0.780. The second-order valence-corrected chi connectivity index (χ2v) is 4.83. The Labute approximate surface area is 106 Å². The third-order valence-corrected chi connectivity index (χ3v) is 3.07. The Morgan fingerprint density at radius 2 is 2.18 bits per heavy atom. The van der Waals surface area contributed by atoms with Crippen molar-refractivity contribution in [3.63, 3.8) is 0 Å². The first kappa shape index (κ1) is 14.1. The van der Waals surface area contributed by atoms with Crippen LogP contribution in [0.15, 0.2) is 0 Å². The Morgan fingerprint density at radius 3 is 2.71 bits per heavy atom. The minimum Gasteiger partial charge on any atom is -0.484 e. The Bertz CT molecular complexity index is 335. The molecule has 1 aromatic rings. The Morgan fingerprint density at radius 1 is 1.47 bits per heavy atom. The zero-order valence-electron chi connectivity index (χ0n) is 10.6. The van der Waals surface area contributed by atoms with E-state index in [9.17, 15) is 0 Å². The molecule has 3 N–H and O–H groups in total. The van der Waals surface area contributed by atoms with Gasteiger partial charge in [-0.1, -0.05) is 6.92 Å². The maximum atomic E-state index is 9.07. The van der Waals surface area contributed by atoms with E-state index < -0.39 is 0 Å². The number of aliphatic hydroxyl groups excluding tert-OH is 1. The molecule has 0 atom stereocenters. The van der Waals surface area contributed by atoms with E-state index >= 15 is 0 Å². The number of nitrogens with zero attached hydrogens (tertiary/aromatic N) is 2. The summed E-state index contributed by atoms with van der Waals surface area (Å²) in [5.74, 6) is 1.07. The summed E-state index contributed by atoms with van der Waals surface area (Å²) in [7, 11) is 0. The molecule has 1 heterocycles. The van der Waals surface area contributed by atoms with Gasteiger partial charge in [0.05, 0.1) is 12.7 Å². The van der Waals surface area contributed by atoms with Crippen LogP contribution < -0.4 is 15.4 Å². The van der Waals surface area contributed by atoms with Crippen molar-refractivity contribution in [2.75, 3.05) is 30.3 Å². The van der Waals surface area contributed by atoms with Crippen molar-refractivity contribution in [2.45, 2.75) is 33.3 Å². The number of aliphatic hydroxyl groups is 1. The first-order valence-electron chi connectivity index (χ1n) is 5.87. The average Bonchev–Trinajstić information content (AvgIpc) is 2.60. The van der Waals surface area contributed by atoms with Crippen LogP contribution in [0.4, 0.5) is 10.8 Å². The van der Waals surface area contributed by atoms with Gasteiger partial charge in [0.25, 0.3) is 0 Å². The highest BCUT2D eigenvalue weighted by Crippen LogP contribution is 2.38. The predicted molar refractivity (Wildman–Crippen MR) is 71.9 cm³/mol. The number of rotatable bonds is 7. The van der Waals surface area contributed by atoms with E-state index in [4.69, 9.17) is 15.6 Å². The summed E-state index contributed by atoms with van der Waals surface area (Å²) < 4.78 is 9.82. The van der Waals surface area contributed by atoms with Crippen molar-refractivity contribution in [2.24, 2.45) is 0 Å². The lowest BCUT2D eigenvalue weighted by Gasteiger charge is -2.23. The van der Waals surface area contributed by atoms with Gasteiger partial charge >= 0.3 is 0 Å². The molecule has 0 aliphatic rings. The molecule has 0 spiro atoms. The molecule has 1 rings (SSSR count). The second-order valence-electron chi connectivity index (χ2n) is 4.08. The number of nitrogens with two attached hydrogens (primary N) is 1. The second kappa shape index (κ2) is 6.66. The van der Waals surface area contributed by atoms with Crippen LogP contribution in [0, 0.1) is 0 Å². The van der Waals surface area contributed by atoms with Gasteiger partial charge in [-0.2, -0.15) is 4.37 Å². The highest BCUT2D eigenvalue weighted by atomic mass is 32.1. The van der Waals surface area contributed by atoms with Crippen molar-refractivity contribution in [1.29, 1.82) is 0 Å². The van der Waals surface area contributed by atoms with Crippen LogP contribution in [0.1, 0.15) is 27.2 Å². The molecule has 0 aromatic carbocycles. The van der Waals surface area contributed by atoms with Crippen molar-refractivity contribution in [1.82, 2.24) is 4.37 Å². The minimum absolute atomic E-state index is 0.0602. The molecule has 98 valence electrons. The van der Waals surface area contributed by atoms with E-state index in [2.05, 4.69) is 16.2 Å². The lowest BCUT2D eigenvalue weighted by Crippen LogP contribution is -2.27. The van der Waals surface area contributed by atoms with E-state index in [1.807, 2.05) is 13.8 Å². The maximum Gasteiger partial charge on any atom is 0.198 e. The third-order valence-electron chi connectivity index (χ3n) is 2.16. The standard InChI is InChI=1S/C11H21N3O2S/c1-4-5-14(6-7-15)11-9(16-8(2)3)10(12)13-17-11/h8,15H,4-7H2,1-3H3,(H2,12,13). The lowest BCUT2D eigenvalue weighted by atomic mass is 10.4. The molecule has 0 aliphatic heterocycles. The number of nitrogen functional groups attached to an aromatic ring is 1. The van der Waals surface area contributed by atoms with Crippen molar-refractivity contribution >= 4 is 22.4 Å². The summed E-state index contributed by atoms with van der Waals surface area (Å²) in [6.45, 7) is 7.55. The molecule has 0 saturated carbocycles. The van der Waals surface area contributed by atoms with Crippen LogP contribution in [-0.4, -0.2) is 35.3 Å². The van der Waals surface area contributed by atoms with Gasteiger partial charge in [-0.05, 0) is 31.8 Å². The smallest absolute Gasteiger partial charge is 0.198 e. The summed E-state index contributed by atoms with van der Waals surface area (Å²) in [4.78, 5) is 2.06. The normalized spacial score (nSPS) is 10.9. The van der Waals surface area contributed by atoms with E-state index in [-0.39, 0.29) is 12.7 Å². The number of hydrogen-bond donors (Lipinski definition) is 2.